The third-order valence-electron chi connectivity index (χ3n) is 2.53. The molecular weight excluding hydrogens is 352 g/mol. The van der Waals surface area contributed by atoms with E-state index in [4.69, 9.17) is 46.0 Å². The first-order valence-electron chi connectivity index (χ1n) is 7.52. The van der Waals surface area contributed by atoms with Gasteiger partial charge in [-0.2, -0.15) is 0 Å². The van der Waals surface area contributed by atoms with E-state index >= 15 is 0 Å². The molecule has 0 aliphatic carbocycles. The molecule has 0 amide bonds. The average Bonchev–Trinajstić information content (AvgIpc) is 2.58. The first-order chi connectivity index (χ1) is 11.8. The SMILES string of the molecule is CC(C)(O)O.O=C(O)c1ccccc1.OCC(O)C(O)C(O)C(O)CO. The van der Waals surface area contributed by atoms with Gasteiger partial charge >= 0.3 is 5.97 Å². The molecule has 0 saturated heterocycles. The van der Waals surface area contributed by atoms with E-state index in [-0.39, 0.29) is 0 Å². The third kappa shape index (κ3) is 14.7. The third-order valence-corrected chi connectivity index (χ3v) is 2.53. The molecule has 0 heterocycles. The lowest BCUT2D eigenvalue weighted by molar-refractivity contribution is -0.127. The van der Waals surface area contributed by atoms with E-state index in [9.17, 15) is 4.79 Å². The zero-order valence-corrected chi connectivity index (χ0v) is 14.5. The van der Waals surface area contributed by atoms with E-state index in [1.165, 1.54) is 13.8 Å². The molecule has 4 atom stereocenters. The smallest absolute Gasteiger partial charge is 0.335 e. The van der Waals surface area contributed by atoms with Crippen molar-refractivity contribution in [1.82, 2.24) is 0 Å². The van der Waals surface area contributed by atoms with Crippen LogP contribution in [0.2, 0.25) is 0 Å². The lowest BCUT2D eigenvalue weighted by Crippen LogP contribution is -2.46. The first kappa shape index (κ1) is 26.6. The van der Waals surface area contributed by atoms with Crippen LogP contribution in [0.5, 0.6) is 0 Å². The molecule has 26 heavy (non-hydrogen) atoms. The van der Waals surface area contributed by atoms with Crippen LogP contribution in [0.3, 0.4) is 0 Å². The highest BCUT2D eigenvalue weighted by Gasteiger charge is 2.29. The van der Waals surface area contributed by atoms with Gasteiger partial charge in [-0.15, -0.1) is 0 Å². The number of carboxylic acids is 1. The van der Waals surface area contributed by atoms with Gasteiger partial charge in [-0.3, -0.25) is 0 Å². The standard InChI is InChI=1S/C7H6O2.C6H14O6.C3H8O2/c8-7(9)6-4-2-1-3-5-6;7-1-3(9)5(11)6(12)4(10)2-8;1-3(2,4)5/h1-5H,(H,8,9);3-12H,1-2H2;4-5H,1-2H3. The summed E-state index contributed by atoms with van der Waals surface area (Å²) in [7, 11) is 0. The minimum absolute atomic E-state index is 0.331. The van der Waals surface area contributed by atoms with Crippen molar-refractivity contribution in [3.8, 4) is 0 Å². The Balaban J connectivity index is 0. The number of carboxylic acid groups (broad SMARTS) is 1. The number of carbonyl (C=O) groups is 1. The molecule has 0 spiro atoms. The predicted octanol–water partition coefficient (Wildman–Crippen LogP) is -2.49. The minimum atomic E-state index is -1.67. The Morgan fingerprint density at radius 3 is 1.38 bits per heavy atom. The number of aromatic carboxylic acids is 1. The summed E-state index contributed by atoms with van der Waals surface area (Å²) >= 11 is 0. The second kappa shape index (κ2) is 13.6. The molecule has 0 saturated carbocycles. The highest BCUT2D eigenvalue weighted by atomic mass is 16.5. The summed E-state index contributed by atoms with van der Waals surface area (Å²) in [6.07, 6.45) is -6.39. The molecule has 10 nitrogen and oxygen atoms in total. The zero-order valence-electron chi connectivity index (χ0n) is 14.5. The van der Waals surface area contributed by atoms with Crippen molar-refractivity contribution in [2.75, 3.05) is 13.2 Å². The number of rotatable bonds is 6. The Morgan fingerprint density at radius 2 is 1.19 bits per heavy atom. The van der Waals surface area contributed by atoms with Gasteiger partial charge in [0.1, 0.15) is 24.4 Å². The largest absolute Gasteiger partial charge is 0.478 e. The number of aliphatic hydroxyl groups excluding tert-OH is 6. The summed E-state index contributed by atoms with van der Waals surface area (Å²) in [5.41, 5.74) is 0.331. The molecular formula is C16H28O10. The summed E-state index contributed by atoms with van der Waals surface area (Å²) in [4.78, 5) is 10.2. The highest BCUT2D eigenvalue weighted by Crippen LogP contribution is 2.04. The van der Waals surface area contributed by atoms with Crippen molar-refractivity contribution >= 4 is 5.97 Å². The molecule has 0 radical (unpaired) electrons. The van der Waals surface area contributed by atoms with Crippen molar-refractivity contribution in [2.24, 2.45) is 0 Å². The van der Waals surface area contributed by atoms with E-state index in [2.05, 4.69) is 0 Å². The topological polar surface area (TPSA) is 199 Å². The average molecular weight is 380 g/mol. The van der Waals surface area contributed by atoms with Crippen molar-refractivity contribution in [1.29, 1.82) is 0 Å². The minimum Gasteiger partial charge on any atom is -0.478 e. The lowest BCUT2D eigenvalue weighted by Gasteiger charge is -2.24. The van der Waals surface area contributed by atoms with Gasteiger partial charge in [0.15, 0.2) is 5.79 Å². The molecule has 4 unspecified atom stereocenters. The van der Waals surface area contributed by atoms with E-state index in [0.717, 1.165) is 0 Å². The molecule has 0 aliphatic rings. The Labute approximate surface area is 150 Å². The van der Waals surface area contributed by atoms with Crippen molar-refractivity contribution < 1.29 is 50.8 Å². The fraction of sp³-hybridized carbons (Fsp3) is 0.562. The van der Waals surface area contributed by atoms with Crippen LogP contribution in [0.1, 0.15) is 24.2 Å². The second-order valence-electron chi connectivity index (χ2n) is 5.65. The summed E-state index contributed by atoms with van der Waals surface area (Å²) in [5.74, 6) is -2.38. The number of hydrogen-bond donors (Lipinski definition) is 9. The zero-order chi connectivity index (χ0) is 20.9. The number of benzene rings is 1. The van der Waals surface area contributed by atoms with Crippen LogP contribution in [0.4, 0.5) is 0 Å². The molecule has 10 heteroatoms. The van der Waals surface area contributed by atoms with Gasteiger partial charge < -0.3 is 46.0 Å². The molecule has 0 bridgehead atoms. The normalized spacial score (nSPS) is 15.3. The summed E-state index contributed by atoms with van der Waals surface area (Å²) < 4.78 is 0. The van der Waals surface area contributed by atoms with Gasteiger partial charge in [0, 0.05) is 0 Å². The van der Waals surface area contributed by atoms with Crippen LogP contribution >= 0.6 is 0 Å². The summed E-state index contributed by atoms with van der Waals surface area (Å²) in [5, 5.41) is 76.7. The molecule has 0 fully saturated rings. The number of aliphatic hydroxyl groups is 8. The van der Waals surface area contributed by atoms with Crippen LogP contribution in [0.15, 0.2) is 30.3 Å². The maximum Gasteiger partial charge on any atom is 0.335 e. The maximum atomic E-state index is 10.2. The van der Waals surface area contributed by atoms with Gasteiger partial charge in [-0.05, 0) is 26.0 Å². The van der Waals surface area contributed by atoms with Crippen molar-refractivity contribution in [3.05, 3.63) is 35.9 Å². The Hall–Kier alpha value is -1.63. The van der Waals surface area contributed by atoms with Crippen LogP contribution in [-0.2, 0) is 0 Å². The summed E-state index contributed by atoms with van der Waals surface area (Å²) in [6, 6.07) is 8.30. The van der Waals surface area contributed by atoms with Gasteiger partial charge in [0.05, 0.1) is 18.8 Å². The molecule has 1 aromatic rings. The van der Waals surface area contributed by atoms with Crippen molar-refractivity contribution in [2.45, 2.75) is 44.1 Å². The highest BCUT2D eigenvalue weighted by molar-refractivity contribution is 5.87. The molecule has 1 aromatic carbocycles. The van der Waals surface area contributed by atoms with E-state index < -0.39 is 49.4 Å². The van der Waals surface area contributed by atoms with Gasteiger partial charge in [0.2, 0.25) is 0 Å². The maximum absolute atomic E-state index is 10.2. The molecule has 0 aliphatic heterocycles. The lowest BCUT2D eigenvalue weighted by atomic mass is 10.0. The van der Waals surface area contributed by atoms with E-state index in [1.807, 2.05) is 0 Å². The fourth-order valence-electron chi connectivity index (χ4n) is 1.25. The molecule has 0 aromatic heterocycles. The molecule has 9 N–H and O–H groups in total. The van der Waals surface area contributed by atoms with E-state index in [1.54, 1.807) is 30.3 Å². The van der Waals surface area contributed by atoms with Crippen LogP contribution < -0.4 is 0 Å². The molecule has 1 rings (SSSR count). The number of hydrogen-bond acceptors (Lipinski definition) is 9. The van der Waals surface area contributed by atoms with Crippen molar-refractivity contribution in [3.63, 3.8) is 0 Å². The second-order valence-corrected chi connectivity index (χ2v) is 5.65. The van der Waals surface area contributed by atoms with Gasteiger partial charge in [-0.25, -0.2) is 4.79 Å². The van der Waals surface area contributed by atoms with E-state index in [0.29, 0.717) is 5.56 Å². The van der Waals surface area contributed by atoms with Crippen LogP contribution in [-0.4, -0.2) is 95.3 Å². The fourth-order valence-corrected chi connectivity index (χ4v) is 1.25. The first-order valence-corrected chi connectivity index (χ1v) is 7.52. The van der Waals surface area contributed by atoms with Crippen LogP contribution in [0, 0.1) is 0 Å². The Kier molecular flexibility index (Phi) is 13.9. The quantitative estimate of drug-likeness (QED) is 0.238. The Morgan fingerprint density at radius 1 is 0.885 bits per heavy atom. The monoisotopic (exact) mass is 380 g/mol. The summed E-state index contributed by atoms with van der Waals surface area (Å²) in [6.45, 7) is 1.15. The Bertz CT molecular complexity index is 454. The predicted molar refractivity (Wildman–Crippen MR) is 90.1 cm³/mol. The molecule has 152 valence electrons. The van der Waals surface area contributed by atoms with Gasteiger partial charge in [-0.1, -0.05) is 18.2 Å². The van der Waals surface area contributed by atoms with Gasteiger partial charge in [0.25, 0.3) is 0 Å². The van der Waals surface area contributed by atoms with Crippen LogP contribution in [0.25, 0.3) is 0 Å².